The van der Waals surface area contributed by atoms with E-state index in [2.05, 4.69) is 62.5 Å². The van der Waals surface area contributed by atoms with Gasteiger partial charge in [0.1, 0.15) is 19.8 Å². The number of carbonyl (C=O) groups excluding carboxylic acids is 2. The summed E-state index contributed by atoms with van der Waals surface area (Å²) >= 11 is 0. The Morgan fingerprint density at radius 2 is 0.620 bits per heavy atom. The average molecular weight is 1320 g/mol. The minimum atomic E-state index is -4.39. The van der Waals surface area contributed by atoms with E-state index in [1.807, 2.05) is 21.1 Å². The molecule has 0 radical (unpaired) electrons. The van der Waals surface area contributed by atoms with E-state index in [1.54, 1.807) is 0 Å². The van der Waals surface area contributed by atoms with Gasteiger partial charge < -0.3 is 18.9 Å². The maximum absolute atomic E-state index is 12.9. The lowest BCUT2D eigenvalue weighted by Crippen LogP contribution is -2.37. The van der Waals surface area contributed by atoms with E-state index >= 15 is 0 Å². The van der Waals surface area contributed by atoms with Crippen LogP contribution in [0.25, 0.3) is 0 Å². The van der Waals surface area contributed by atoms with E-state index in [-0.39, 0.29) is 25.6 Å². The number of carbonyl (C=O) groups is 2. The molecule has 10 heteroatoms. The molecule has 0 aliphatic carbocycles. The number of quaternary nitrogens is 1. The van der Waals surface area contributed by atoms with Gasteiger partial charge in [-0.1, -0.05) is 396 Å². The molecule has 1 N–H and O–H groups in total. The minimum absolute atomic E-state index is 0.0356. The van der Waals surface area contributed by atoms with Crippen molar-refractivity contribution < 1.29 is 42.1 Å². The number of rotatable bonds is 76. The lowest BCUT2D eigenvalue weighted by atomic mass is 10.0. The van der Waals surface area contributed by atoms with Crippen LogP contribution in [0.5, 0.6) is 0 Å². The van der Waals surface area contributed by atoms with Gasteiger partial charge in [-0.05, 0) is 51.4 Å². The van der Waals surface area contributed by atoms with Gasteiger partial charge in [0.25, 0.3) is 0 Å². The molecule has 0 fully saturated rings. The molecule has 0 spiro atoms. The van der Waals surface area contributed by atoms with Crippen molar-refractivity contribution >= 4 is 19.8 Å². The highest BCUT2D eigenvalue weighted by Crippen LogP contribution is 2.43. The molecule has 0 rings (SSSR count). The Morgan fingerprint density at radius 1 is 0.348 bits per heavy atom. The van der Waals surface area contributed by atoms with E-state index < -0.39 is 26.5 Å². The molecule has 0 bridgehead atoms. The molecular formula is C82H157NO8P+. The number of hydrogen-bond acceptors (Lipinski definition) is 7. The highest BCUT2D eigenvalue weighted by atomic mass is 31.2. The van der Waals surface area contributed by atoms with Crippen LogP contribution in [0.3, 0.4) is 0 Å². The molecule has 0 saturated heterocycles. The van der Waals surface area contributed by atoms with Crippen molar-refractivity contribution in [2.75, 3.05) is 47.5 Å². The zero-order valence-corrected chi connectivity index (χ0v) is 63.0. The fourth-order valence-corrected chi connectivity index (χ4v) is 13.0. The summed E-state index contributed by atoms with van der Waals surface area (Å²) in [5.41, 5.74) is 0. The van der Waals surface area contributed by atoms with Crippen LogP contribution in [0, 0.1) is 0 Å². The average Bonchev–Trinajstić information content (AvgIpc) is 2.14. The number of hydrogen-bond donors (Lipinski definition) is 1. The van der Waals surface area contributed by atoms with Crippen molar-refractivity contribution in [2.45, 2.75) is 418 Å². The van der Waals surface area contributed by atoms with E-state index in [9.17, 15) is 19.0 Å². The Hall–Kier alpha value is -2.03. The summed E-state index contributed by atoms with van der Waals surface area (Å²) in [6.45, 7) is 4.41. The number of esters is 2. The lowest BCUT2D eigenvalue weighted by Gasteiger charge is -2.24. The third-order valence-corrected chi connectivity index (χ3v) is 19.4. The van der Waals surface area contributed by atoms with Crippen LogP contribution in [0.2, 0.25) is 0 Å². The highest BCUT2D eigenvalue weighted by Gasteiger charge is 2.27. The normalized spacial score (nSPS) is 13.2. The molecule has 542 valence electrons. The van der Waals surface area contributed by atoms with Gasteiger partial charge in [0.2, 0.25) is 0 Å². The van der Waals surface area contributed by atoms with Gasteiger partial charge in [-0.2, -0.15) is 0 Å². The quantitative estimate of drug-likeness (QED) is 0.0211. The van der Waals surface area contributed by atoms with Crippen molar-refractivity contribution in [1.29, 1.82) is 0 Å². The molecule has 0 aromatic rings. The van der Waals surface area contributed by atoms with Crippen LogP contribution in [0.1, 0.15) is 412 Å². The first-order valence-corrected chi connectivity index (χ1v) is 41.9. The molecule has 92 heavy (non-hydrogen) atoms. The van der Waals surface area contributed by atoms with Crippen molar-refractivity contribution in [3.05, 3.63) is 48.6 Å². The van der Waals surface area contributed by atoms with Crippen LogP contribution >= 0.6 is 7.82 Å². The smallest absolute Gasteiger partial charge is 0.462 e. The minimum Gasteiger partial charge on any atom is -0.462 e. The molecule has 0 aliphatic heterocycles. The summed E-state index contributed by atoms with van der Waals surface area (Å²) in [4.78, 5) is 36.0. The van der Waals surface area contributed by atoms with Crippen LogP contribution < -0.4 is 0 Å². The summed E-state index contributed by atoms with van der Waals surface area (Å²) in [6.07, 6.45) is 97.0. The fraction of sp³-hybridized carbons (Fsp3) is 0.878. The molecule has 0 heterocycles. The topological polar surface area (TPSA) is 108 Å². The van der Waals surface area contributed by atoms with Crippen molar-refractivity contribution in [2.24, 2.45) is 0 Å². The molecule has 0 saturated carbocycles. The molecule has 0 aliphatic rings. The number of allylic oxidation sites excluding steroid dienone is 8. The molecule has 9 nitrogen and oxygen atoms in total. The van der Waals surface area contributed by atoms with Gasteiger partial charge in [0, 0.05) is 12.8 Å². The van der Waals surface area contributed by atoms with Gasteiger partial charge in [-0.25, -0.2) is 4.57 Å². The van der Waals surface area contributed by atoms with Crippen LogP contribution in [0.4, 0.5) is 0 Å². The number of likely N-dealkylation sites (N-methyl/N-ethyl adjacent to an activating group) is 1. The molecule has 0 amide bonds. The first-order chi connectivity index (χ1) is 45.0. The van der Waals surface area contributed by atoms with Gasteiger partial charge in [-0.15, -0.1) is 0 Å². The van der Waals surface area contributed by atoms with Crippen molar-refractivity contribution in [3.8, 4) is 0 Å². The van der Waals surface area contributed by atoms with Gasteiger partial charge >= 0.3 is 19.8 Å². The second-order valence-corrected chi connectivity index (χ2v) is 30.2. The van der Waals surface area contributed by atoms with Crippen molar-refractivity contribution in [1.82, 2.24) is 0 Å². The zero-order valence-electron chi connectivity index (χ0n) is 62.1. The Kier molecular flexibility index (Phi) is 71.6. The number of ether oxygens (including phenoxy) is 2. The Bertz CT molecular complexity index is 1690. The second kappa shape index (κ2) is 73.2. The second-order valence-electron chi connectivity index (χ2n) is 28.8. The number of phosphoric acid groups is 1. The number of phosphoric ester groups is 1. The molecular weight excluding hydrogens is 1160 g/mol. The largest absolute Gasteiger partial charge is 0.472 e. The standard InChI is InChI=1S/C82H156NO8P/c1-6-8-10-12-14-16-18-20-22-24-26-28-30-32-34-36-37-38-39-40-41-42-43-44-45-47-49-51-53-55-57-59-61-63-65-67-69-71-73-75-82(85)91-80(79-90-92(86,87)89-77-76-83(3,4)5)78-88-81(84)74-72-70-68-66-64-62-60-58-56-54-52-50-48-46-35-33-31-29-27-25-23-21-19-17-15-13-11-9-7-2/h8,10,14,16,20,22,26,28,80H,6-7,9,11-13,15,17-19,21,23-25,27,29-79H2,1-5H3/p+1/b10-8-,16-14-,22-20-,28-26-. The van der Waals surface area contributed by atoms with Gasteiger partial charge in [0.15, 0.2) is 6.10 Å². The van der Waals surface area contributed by atoms with Gasteiger partial charge in [0.05, 0.1) is 27.7 Å². The number of unbranched alkanes of at least 4 members (excludes halogenated alkanes) is 54. The summed E-state index contributed by atoms with van der Waals surface area (Å²) in [5.74, 6) is -0.770. The third-order valence-electron chi connectivity index (χ3n) is 18.4. The maximum atomic E-state index is 12.9. The van der Waals surface area contributed by atoms with E-state index in [0.29, 0.717) is 23.9 Å². The Morgan fingerprint density at radius 3 is 0.924 bits per heavy atom. The number of nitrogens with zero attached hydrogens (tertiary/aromatic N) is 1. The fourth-order valence-electron chi connectivity index (χ4n) is 12.3. The summed E-state index contributed by atoms with van der Waals surface area (Å²) in [6, 6.07) is 0. The van der Waals surface area contributed by atoms with Crippen LogP contribution in [0.15, 0.2) is 48.6 Å². The van der Waals surface area contributed by atoms with Gasteiger partial charge in [-0.3, -0.25) is 18.6 Å². The lowest BCUT2D eigenvalue weighted by molar-refractivity contribution is -0.870. The SMILES string of the molecule is CC/C=C\C/C=C\C/C=C\C/C=C\CCCCCCCCCCCCCCCCCCCCCCCCCCCCC(=O)OC(COC(=O)CCCCCCCCCCCCCCCCCCCCCCCCCCCCCCC)COP(=O)(O)OCC[N+](C)(C)C. The van der Waals surface area contributed by atoms with E-state index in [1.165, 1.54) is 321 Å². The molecule has 2 atom stereocenters. The molecule has 0 aromatic carbocycles. The molecule has 2 unspecified atom stereocenters. The predicted molar refractivity (Wildman–Crippen MR) is 400 cm³/mol. The van der Waals surface area contributed by atoms with Crippen LogP contribution in [-0.4, -0.2) is 74.9 Å². The summed E-state index contributed by atoms with van der Waals surface area (Å²) in [7, 11) is 1.50. The van der Waals surface area contributed by atoms with E-state index in [4.69, 9.17) is 18.5 Å². The predicted octanol–water partition coefficient (Wildman–Crippen LogP) is 26.7. The first-order valence-electron chi connectivity index (χ1n) is 40.4. The first kappa shape index (κ1) is 90.0. The third kappa shape index (κ3) is 77.0. The molecule has 0 aromatic heterocycles. The monoisotopic (exact) mass is 1320 g/mol. The summed E-state index contributed by atoms with van der Waals surface area (Å²) in [5, 5.41) is 0. The zero-order chi connectivity index (χ0) is 66.9. The Balaban J connectivity index is 3.88. The summed E-state index contributed by atoms with van der Waals surface area (Å²) < 4.78 is 34.8. The highest BCUT2D eigenvalue weighted by molar-refractivity contribution is 7.47. The Labute approximate surface area is 573 Å². The van der Waals surface area contributed by atoms with E-state index in [0.717, 1.165) is 57.8 Å². The van der Waals surface area contributed by atoms with Crippen molar-refractivity contribution in [3.63, 3.8) is 0 Å². The maximum Gasteiger partial charge on any atom is 0.472 e. The van der Waals surface area contributed by atoms with Crippen LogP contribution in [-0.2, 0) is 32.7 Å².